The average molecular weight is 518 g/mol. The minimum absolute atomic E-state index is 0.102. The van der Waals surface area contributed by atoms with Gasteiger partial charge in [-0.1, -0.05) is 61.4 Å². The van der Waals surface area contributed by atoms with E-state index in [1.165, 1.54) is 4.90 Å². The van der Waals surface area contributed by atoms with Crippen LogP contribution in [0.2, 0.25) is 0 Å². The quantitative estimate of drug-likeness (QED) is 0.255. The van der Waals surface area contributed by atoms with Crippen molar-refractivity contribution < 1.29 is 18.4 Å². The standard InChI is InChI=1S/C31H33F2N3O2/c1-3-4-14-36(31(38)25-16-26(32)18-27(33)17-25)21-30(37)35(20-23-11-9-22(2)10-12-23)15-13-24-19-34-29-8-6-5-7-28(24)29/h5-12,16-19,34H,3-4,13-15,20-21H2,1-2H3. The van der Waals surface area contributed by atoms with Crippen LogP contribution < -0.4 is 0 Å². The van der Waals surface area contributed by atoms with Crippen molar-refractivity contribution in [2.45, 2.75) is 39.7 Å². The van der Waals surface area contributed by atoms with Crippen molar-refractivity contribution >= 4 is 22.7 Å². The van der Waals surface area contributed by atoms with Crippen molar-refractivity contribution in [3.05, 3.63) is 107 Å². The number of aromatic nitrogens is 1. The Kier molecular flexibility index (Phi) is 8.89. The van der Waals surface area contributed by atoms with Crippen LogP contribution in [0.3, 0.4) is 0 Å². The van der Waals surface area contributed by atoms with Gasteiger partial charge in [-0.25, -0.2) is 8.78 Å². The number of nitrogens with one attached hydrogen (secondary N) is 1. The number of aryl methyl sites for hydroxylation is 1. The third-order valence-corrected chi connectivity index (χ3v) is 6.68. The maximum atomic E-state index is 13.8. The van der Waals surface area contributed by atoms with Gasteiger partial charge in [0.15, 0.2) is 0 Å². The number of nitrogens with zero attached hydrogens (tertiary/aromatic N) is 2. The molecule has 1 N–H and O–H groups in total. The van der Waals surface area contributed by atoms with Gasteiger partial charge in [0.25, 0.3) is 5.91 Å². The highest BCUT2D eigenvalue weighted by Gasteiger charge is 2.23. The zero-order valence-electron chi connectivity index (χ0n) is 21.8. The van der Waals surface area contributed by atoms with Crippen LogP contribution in [0.4, 0.5) is 8.78 Å². The number of aromatic amines is 1. The lowest BCUT2D eigenvalue weighted by Crippen LogP contribution is -2.43. The number of carbonyl (C=O) groups excluding carboxylic acids is 2. The molecular weight excluding hydrogens is 484 g/mol. The largest absolute Gasteiger partial charge is 0.361 e. The van der Waals surface area contributed by atoms with Gasteiger partial charge >= 0.3 is 0 Å². The van der Waals surface area contributed by atoms with Gasteiger partial charge in [-0.15, -0.1) is 0 Å². The van der Waals surface area contributed by atoms with Gasteiger partial charge in [0.2, 0.25) is 5.91 Å². The number of hydrogen-bond acceptors (Lipinski definition) is 2. The van der Waals surface area contributed by atoms with Crippen molar-refractivity contribution in [1.82, 2.24) is 14.8 Å². The van der Waals surface area contributed by atoms with Crippen LogP contribution in [0.1, 0.15) is 46.8 Å². The second-order valence-electron chi connectivity index (χ2n) is 9.65. The Morgan fingerprint density at radius 1 is 0.895 bits per heavy atom. The number of fused-ring (bicyclic) bond motifs is 1. The Labute approximate surface area is 222 Å². The normalized spacial score (nSPS) is 11.1. The predicted octanol–water partition coefficient (Wildman–Crippen LogP) is 6.27. The summed E-state index contributed by atoms with van der Waals surface area (Å²) < 4.78 is 27.6. The maximum absolute atomic E-state index is 13.8. The summed E-state index contributed by atoms with van der Waals surface area (Å²) in [6.07, 6.45) is 4.08. The van der Waals surface area contributed by atoms with E-state index in [9.17, 15) is 18.4 Å². The first-order valence-electron chi connectivity index (χ1n) is 13.0. The van der Waals surface area contributed by atoms with Crippen LogP contribution in [0, 0.1) is 18.6 Å². The number of unbranched alkanes of at least 4 members (excludes halogenated alkanes) is 1. The number of H-pyrrole nitrogens is 1. The fourth-order valence-corrected chi connectivity index (χ4v) is 4.52. The monoisotopic (exact) mass is 517 g/mol. The van der Waals surface area contributed by atoms with Gasteiger partial charge in [-0.3, -0.25) is 9.59 Å². The average Bonchev–Trinajstić information content (AvgIpc) is 3.32. The summed E-state index contributed by atoms with van der Waals surface area (Å²) in [4.78, 5) is 33.3. The number of benzene rings is 3. The zero-order chi connectivity index (χ0) is 27.1. The Morgan fingerprint density at radius 2 is 1.61 bits per heavy atom. The lowest BCUT2D eigenvalue weighted by atomic mass is 10.1. The number of rotatable bonds is 11. The Hall–Kier alpha value is -4.00. The van der Waals surface area contributed by atoms with Crippen LogP contribution in [0.15, 0.2) is 72.9 Å². The molecule has 4 rings (SSSR count). The molecule has 2 amide bonds. The SMILES string of the molecule is CCCCN(CC(=O)N(CCc1c[nH]c2ccccc12)Cc1ccc(C)cc1)C(=O)c1cc(F)cc(F)c1. The Bertz CT molecular complexity index is 1380. The van der Waals surface area contributed by atoms with Crippen molar-refractivity contribution in [2.75, 3.05) is 19.6 Å². The lowest BCUT2D eigenvalue weighted by Gasteiger charge is -2.28. The third kappa shape index (κ3) is 6.85. The summed E-state index contributed by atoms with van der Waals surface area (Å²) in [5.74, 6) is -2.42. The first-order chi connectivity index (χ1) is 18.3. The fraction of sp³-hybridized carbons (Fsp3) is 0.290. The molecule has 0 bridgehead atoms. The smallest absolute Gasteiger partial charge is 0.254 e. The van der Waals surface area contributed by atoms with E-state index in [0.717, 1.165) is 52.2 Å². The van der Waals surface area contributed by atoms with Crippen LogP contribution >= 0.6 is 0 Å². The second kappa shape index (κ2) is 12.5. The maximum Gasteiger partial charge on any atom is 0.254 e. The van der Waals surface area contributed by atoms with E-state index >= 15 is 0 Å². The molecule has 0 saturated heterocycles. The van der Waals surface area contributed by atoms with Gasteiger partial charge in [0.05, 0.1) is 0 Å². The van der Waals surface area contributed by atoms with Crippen LogP contribution in [0.5, 0.6) is 0 Å². The van der Waals surface area contributed by atoms with Crippen molar-refractivity contribution in [3.63, 3.8) is 0 Å². The first kappa shape index (κ1) is 27.0. The fourth-order valence-electron chi connectivity index (χ4n) is 4.52. The number of carbonyl (C=O) groups is 2. The molecule has 0 saturated carbocycles. The summed E-state index contributed by atoms with van der Waals surface area (Å²) in [6.45, 7) is 5.00. The van der Waals surface area contributed by atoms with Crippen molar-refractivity contribution in [3.8, 4) is 0 Å². The Balaban J connectivity index is 1.55. The van der Waals surface area contributed by atoms with Gasteiger partial charge in [0.1, 0.15) is 18.2 Å². The molecule has 7 heteroatoms. The number of para-hydroxylation sites is 1. The summed E-state index contributed by atoms with van der Waals surface area (Å²) in [5.41, 5.74) is 4.16. The van der Waals surface area contributed by atoms with E-state index in [4.69, 9.17) is 0 Å². The molecule has 4 aromatic rings. The molecule has 38 heavy (non-hydrogen) atoms. The molecule has 0 spiro atoms. The van der Waals surface area contributed by atoms with E-state index in [-0.39, 0.29) is 18.0 Å². The molecule has 0 aliphatic heterocycles. The second-order valence-corrected chi connectivity index (χ2v) is 9.65. The summed E-state index contributed by atoms with van der Waals surface area (Å²) in [5, 5.41) is 1.11. The zero-order valence-corrected chi connectivity index (χ0v) is 21.8. The number of amides is 2. The van der Waals surface area contributed by atoms with Gasteiger partial charge in [-0.2, -0.15) is 0 Å². The number of hydrogen-bond donors (Lipinski definition) is 1. The molecule has 0 atom stereocenters. The van der Waals surface area contributed by atoms with E-state index < -0.39 is 17.5 Å². The molecule has 5 nitrogen and oxygen atoms in total. The van der Waals surface area contributed by atoms with Gasteiger partial charge in [0, 0.05) is 48.4 Å². The third-order valence-electron chi connectivity index (χ3n) is 6.68. The number of halogens is 2. The molecule has 0 aliphatic rings. The van der Waals surface area contributed by atoms with Crippen LogP contribution in [0.25, 0.3) is 10.9 Å². The van der Waals surface area contributed by atoms with Crippen molar-refractivity contribution in [1.29, 1.82) is 0 Å². The predicted molar refractivity (Wildman–Crippen MR) is 146 cm³/mol. The van der Waals surface area contributed by atoms with Crippen molar-refractivity contribution in [2.24, 2.45) is 0 Å². The van der Waals surface area contributed by atoms with Gasteiger partial charge in [-0.05, 0) is 49.1 Å². The minimum Gasteiger partial charge on any atom is -0.361 e. The molecule has 0 radical (unpaired) electrons. The molecule has 198 valence electrons. The van der Waals surface area contributed by atoms with Crippen LogP contribution in [-0.4, -0.2) is 46.2 Å². The Morgan fingerprint density at radius 3 is 2.32 bits per heavy atom. The minimum atomic E-state index is -0.824. The highest BCUT2D eigenvalue weighted by Crippen LogP contribution is 2.19. The first-order valence-corrected chi connectivity index (χ1v) is 13.0. The highest BCUT2D eigenvalue weighted by molar-refractivity contribution is 5.96. The molecule has 0 fully saturated rings. The molecule has 1 aromatic heterocycles. The van der Waals surface area contributed by atoms with E-state index in [1.807, 2.05) is 62.5 Å². The van der Waals surface area contributed by atoms with Gasteiger partial charge < -0.3 is 14.8 Å². The van der Waals surface area contributed by atoms with E-state index in [1.54, 1.807) is 4.90 Å². The lowest BCUT2D eigenvalue weighted by molar-refractivity contribution is -0.132. The summed E-state index contributed by atoms with van der Waals surface area (Å²) in [7, 11) is 0. The van der Waals surface area contributed by atoms with Crippen LogP contribution in [-0.2, 0) is 17.8 Å². The topological polar surface area (TPSA) is 56.4 Å². The summed E-state index contributed by atoms with van der Waals surface area (Å²) >= 11 is 0. The van der Waals surface area contributed by atoms with E-state index in [0.29, 0.717) is 32.5 Å². The molecule has 0 aliphatic carbocycles. The van der Waals surface area contributed by atoms with E-state index in [2.05, 4.69) is 11.1 Å². The highest BCUT2D eigenvalue weighted by atomic mass is 19.1. The molecule has 1 heterocycles. The summed E-state index contributed by atoms with van der Waals surface area (Å²) in [6, 6.07) is 18.8. The molecular formula is C31H33F2N3O2. The molecule has 3 aromatic carbocycles. The molecule has 0 unspecified atom stereocenters.